The number of nitrogens with one attached hydrogen (secondary N) is 1. The molecule has 0 saturated heterocycles. The number of amides is 1. The molecule has 1 aromatic carbocycles. The molecule has 2 aromatic rings. The van der Waals surface area contributed by atoms with E-state index in [1.165, 1.54) is 25.3 Å². The van der Waals surface area contributed by atoms with Crippen LogP contribution in [0.4, 0.5) is 24.5 Å². The van der Waals surface area contributed by atoms with Crippen molar-refractivity contribution in [1.29, 1.82) is 0 Å². The Balaban J connectivity index is 1.93. The zero-order valence-electron chi connectivity index (χ0n) is 13.7. The Kier molecular flexibility index (Phi) is 4.95. The monoisotopic (exact) mass is 385 g/mol. The number of halogens is 4. The molecule has 1 aliphatic heterocycles. The van der Waals surface area contributed by atoms with Gasteiger partial charge in [-0.1, -0.05) is 11.6 Å². The minimum Gasteiger partial charge on any atom is -0.469 e. The molecule has 1 atom stereocenters. The van der Waals surface area contributed by atoms with E-state index in [9.17, 15) is 18.0 Å². The Morgan fingerprint density at radius 3 is 2.69 bits per heavy atom. The van der Waals surface area contributed by atoms with E-state index in [1.54, 1.807) is 11.0 Å². The lowest BCUT2D eigenvalue weighted by molar-refractivity contribution is -0.137. The van der Waals surface area contributed by atoms with Gasteiger partial charge in [0.05, 0.1) is 23.7 Å². The largest absolute Gasteiger partial charge is 0.469 e. The van der Waals surface area contributed by atoms with Crippen molar-refractivity contribution in [2.24, 2.45) is 0 Å². The average Bonchev–Trinajstić information content (AvgIpc) is 2.59. The van der Waals surface area contributed by atoms with Crippen LogP contribution >= 0.6 is 11.6 Å². The summed E-state index contributed by atoms with van der Waals surface area (Å²) in [5.74, 6) is 0.0976. The van der Waals surface area contributed by atoms with Crippen molar-refractivity contribution in [2.45, 2.75) is 19.2 Å². The summed E-state index contributed by atoms with van der Waals surface area (Å²) in [4.78, 5) is 17.0. The molecule has 1 amide bonds. The number of carbonyl (C=O) groups excluding carboxylic acids is 1. The van der Waals surface area contributed by atoms with Crippen LogP contribution in [-0.4, -0.2) is 30.1 Å². The van der Waals surface area contributed by atoms with Crippen LogP contribution in [0.1, 0.15) is 12.5 Å². The first kappa shape index (κ1) is 18.3. The SMILES string of the molecule is CC(=O)NC[C@H]1CN(c2ccc(C(F)(F)F)cc2)c2cc(Cl)cnc2O1. The minimum atomic E-state index is -4.40. The summed E-state index contributed by atoms with van der Waals surface area (Å²) in [6, 6.07) is 6.44. The van der Waals surface area contributed by atoms with Gasteiger partial charge < -0.3 is 15.0 Å². The van der Waals surface area contributed by atoms with Gasteiger partial charge >= 0.3 is 6.18 Å². The predicted molar refractivity (Wildman–Crippen MR) is 90.8 cm³/mol. The number of fused-ring (bicyclic) bond motifs is 1. The maximum absolute atomic E-state index is 12.8. The highest BCUT2D eigenvalue weighted by Gasteiger charge is 2.32. The number of carbonyl (C=O) groups is 1. The van der Waals surface area contributed by atoms with Gasteiger partial charge in [0.2, 0.25) is 11.8 Å². The zero-order chi connectivity index (χ0) is 18.9. The molecular weight excluding hydrogens is 371 g/mol. The first-order valence-corrected chi connectivity index (χ1v) is 8.13. The van der Waals surface area contributed by atoms with Crippen LogP contribution in [0.2, 0.25) is 5.02 Å². The van der Waals surface area contributed by atoms with Gasteiger partial charge in [-0.3, -0.25) is 4.79 Å². The Labute approximate surface area is 152 Å². The molecule has 0 fully saturated rings. The standard InChI is InChI=1S/C17H15ClF3N3O2/c1-10(25)22-8-14-9-24(15-6-12(18)7-23-16(15)26-14)13-4-2-11(3-5-13)17(19,20)21/h2-7,14H,8-9H2,1H3,(H,22,25)/t14-/m0/s1. The number of hydrogen-bond acceptors (Lipinski definition) is 4. The molecule has 0 saturated carbocycles. The molecule has 3 rings (SSSR count). The highest BCUT2D eigenvalue weighted by molar-refractivity contribution is 6.30. The van der Waals surface area contributed by atoms with Crippen molar-refractivity contribution in [3.05, 3.63) is 47.1 Å². The highest BCUT2D eigenvalue weighted by atomic mass is 35.5. The molecule has 1 aliphatic rings. The molecule has 0 aliphatic carbocycles. The van der Waals surface area contributed by atoms with Gasteiger partial charge in [-0.05, 0) is 30.3 Å². The summed E-state index contributed by atoms with van der Waals surface area (Å²) in [7, 11) is 0. The fraction of sp³-hybridized carbons (Fsp3) is 0.294. The summed E-state index contributed by atoms with van der Waals surface area (Å²) >= 11 is 6.00. The molecule has 0 spiro atoms. The van der Waals surface area contributed by atoms with E-state index in [0.717, 1.165) is 12.1 Å². The molecule has 1 aromatic heterocycles. The number of ether oxygens (including phenoxy) is 1. The van der Waals surface area contributed by atoms with Crippen molar-refractivity contribution in [2.75, 3.05) is 18.0 Å². The maximum atomic E-state index is 12.8. The van der Waals surface area contributed by atoms with E-state index in [1.807, 2.05) is 0 Å². The van der Waals surface area contributed by atoms with Gasteiger partial charge in [0.25, 0.3) is 0 Å². The number of anilines is 2. The Hall–Kier alpha value is -2.48. The number of pyridine rings is 1. The van der Waals surface area contributed by atoms with Crippen molar-refractivity contribution >= 4 is 28.9 Å². The first-order chi connectivity index (χ1) is 12.2. The molecule has 0 unspecified atom stereocenters. The quantitative estimate of drug-likeness (QED) is 0.873. The summed E-state index contributed by atoms with van der Waals surface area (Å²) < 4.78 is 44.1. The molecular formula is C17H15ClF3N3O2. The molecule has 1 N–H and O–H groups in total. The molecule has 0 bridgehead atoms. The molecule has 26 heavy (non-hydrogen) atoms. The average molecular weight is 386 g/mol. The number of hydrogen-bond donors (Lipinski definition) is 1. The van der Waals surface area contributed by atoms with Crippen LogP contribution in [0.3, 0.4) is 0 Å². The Bertz CT molecular complexity index is 812. The summed E-state index contributed by atoms with van der Waals surface area (Å²) in [6.07, 6.45) is -3.39. The highest BCUT2D eigenvalue weighted by Crippen LogP contribution is 2.39. The van der Waals surface area contributed by atoms with Crippen LogP contribution in [0, 0.1) is 0 Å². The van der Waals surface area contributed by atoms with E-state index in [4.69, 9.17) is 16.3 Å². The van der Waals surface area contributed by atoms with Gasteiger partial charge in [0.1, 0.15) is 11.8 Å². The van der Waals surface area contributed by atoms with E-state index in [0.29, 0.717) is 28.8 Å². The van der Waals surface area contributed by atoms with E-state index >= 15 is 0 Å². The van der Waals surface area contributed by atoms with Crippen molar-refractivity contribution < 1.29 is 22.7 Å². The fourth-order valence-corrected chi connectivity index (χ4v) is 2.79. The van der Waals surface area contributed by atoms with E-state index < -0.39 is 17.8 Å². The normalized spacial score (nSPS) is 16.7. The molecule has 2 heterocycles. The second-order valence-electron chi connectivity index (χ2n) is 5.81. The summed E-state index contributed by atoms with van der Waals surface area (Å²) in [6.45, 7) is 1.96. The fourth-order valence-electron chi connectivity index (χ4n) is 2.64. The molecule has 9 heteroatoms. The molecule has 0 radical (unpaired) electrons. The third-order valence-electron chi connectivity index (χ3n) is 3.84. The van der Waals surface area contributed by atoms with Crippen molar-refractivity contribution in [3.63, 3.8) is 0 Å². The lowest BCUT2D eigenvalue weighted by Crippen LogP contribution is -2.44. The number of rotatable bonds is 3. The van der Waals surface area contributed by atoms with Crippen molar-refractivity contribution in [1.82, 2.24) is 10.3 Å². The topological polar surface area (TPSA) is 54.5 Å². The number of nitrogens with zero attached hydrogens (tertiary/aromatic N) is 2. The summed E-state index contributed by atoms with van der Waals surface area (Å²) in [5.41, 5.74) is 0.365. The lowest BCUT2D eigenvalue weighted by atomic mass is 10.1. The van der Waals surface area contributed by atoms with Crippen LogP contribution < -0.4 is 15.0 Å². The van der Waals surface area contributed by atoms with Gasteiger partial charge in [0, 0.05) is 18.8 Å². The number of aromatic nitrogens is 1. The third-order valence-corrected chi connectivity index (χ3v) is 4.05. The maximum Gasteiger partial charge on any atom is 0.416 e. The van der Waals surface area contributed by atoms with Gasteiger partial charge in [-0.2, -0.15) is 13.2 Å². The molecule has 138 valence electrons. The third kappa shape index (κ3) is 4.01. The smallest absolute Gasteiger partial charge is 0.416 e. The van der Waals surface area contributed by atoms with Gasteiger partial charge in [-0.15, -0.1) is 0 Å². The van der Waals surface area contributed by atoms with Crippen LogP contribution in [0.25, 0.3) is 0 Å². The van der Waals surface area contributed by atoms with E-state index in [2.05, 4.69) is 10.3 Å². The number of benzene rings is 1. The summed E-state index contributed by atoms with van der Waals surface area (Å²) in [5, 5.41) is 3.04. The van der Waals surface area contributed by atoms with Crippen LogP contribution in [0.15, 0.2) is 36.5 Å². The second-order valence-corrected chi connectivity index (χ2v) is 6.25. The van der Waals surface area contributed by atoms with Crippen LogP contribution in [0.5, 0.6) is 5.88 Å². The number of alkyl halides is 3. The molecule has 5 nitrogen and oxygen atoms in total. The second kappa shape index (κ2) is 7.03. The van der Waals surface area contributed by atoms with Crippen molar-refractivity contribution in [3.8, 4) is 5.88 Å². The zero-order valence-corrected chi connectivity index (χ0v) is 14.4. The van der Waals surface area contributed by atoms with Gasteiger partial charge in [-0.25, -0.2) is 4.98 Å². The Morgan fingerprint density at radius 2 is 2.08 bits per heavy atom. The predicted octanol–water partition coefficient (Wildman–Crippen LogP) is 3.79. The van der Waals surface area contributed by atoms with Gasteiger partial charge in [0.15, 0.2) is 0 Å². The first-order valence-electron chi connectivity index (χ1n) is 7.75. The van der Waals surface area contributed by atoms with Crippen LogP contribution in [-0.2, 0) is 11.0 Å². The lowest BCUT2D eigenvalue weighted by Gasteiger charge is -2.35. The minimum absolute atomic E-state index is 0.204. The Morgan fingerprint density at radius 1 is 1.38 bits per heavy atom. The van der Waals surface area contributed by atoms with E-state index in [-0.39, 0.29) is 12.5 Å².